The van der Waals surface area contributed by atoms with Gasteiger partial charge >= 0.3 is 6.18 Å². The van der Waals surface area contributed by atoms with Crippen molar-refractivity contribution in [1.82, 2.24) is 14.9 Å². The largest absolute Gasteiger partial charge is 0.431 e. The summed E-state index contributed by atoms with van der Waals surface area (Å²) in [7, 11) is 2.45. The van der Waals surface area contributed by atoms with Crippen LogP contribution in [0.4, 0.5) is 18.9 Å². The van der Waals surface area contributed by atoms with Gasteiger partial charge in [-0.1, -0.05) is 6.92 Å². The lowest BCUT2D eigenvalue weighted by Gasteiger charge is -2.18. The Kier molecular flexibility index (Phi) is 6.25. The van der Waals surface area contributed by atoms with Crippen molar-refractivity contribution in [2.24, 2.45) is 7.05 Å². The number of nitrogens with zero attached hydrogens (tertiary/aromatic N) is 2. The quantitative estimate of drug-likeness (QED) is 0.677. The minimum absolute atomic E-state index is 0.0592. The second-order valence-electron chi connectivity index (χ2n) is 5.39. The second-order valence-corrected chi connectivity index (χ2v) is 7.52. The number of nitrogens with two attached hydrogens (primary N) is 1. The zero-order valence-corrected chi connectivity index (χ0v) is 17.0. The lowest BCUT2D eigenvalue weighted by atomic mass is 10.0. The Hall–Kier alpha value is -2.01. The van der Waals surface area contributed by atoms with E-state index in [1.54, 1.807) is 0 Å². The van der Waals surface area contributed by atoms with Gasteiger partial charge in [0.1, 0.15) is 11.4 Å². The third kappa shape index (κ3) is 3.98. The summed E-state index contributed by atoms with van der Waals surface area (Å²) in [5.41, 5.74) is 3.61. The number of thioether (sulfide) groups is 1. The number of pyridine rings is 2. The lowest BCUT2D eigenvalue weighted by molar-refractivity contribution is -0.143. The number of alkyl halides is 3. The third-order valence-corrected chi connectivity index (χ3v) is 5.30. The molecule has 27 heavy (non-hydrogen) atoms. The second kappa shape index (κ2) is 7.93. The molecule has 11 heteroatoms. The van der Waals surface area contributed by atoms with Crippen LogP contribution < -0.4 is 16.6 Å². The van der Waals surface area contributed by atoms with Gasteiger partial charge in [-0.2, -0.15) is 13.2 Å². The fourth-order valence-electron chi connectivity index (χ4n) is 2.51. The van der Waals surface area contributed by atoms with Gasteiger partial charge in [0, 0.05) is 40.9 Å². The zero-order chi connectivity index (χ0) is 20.5. The monoisotopic (exact) mass is 464 g/mol. The molecule has 0 unspecified atom stereocenters. The maximum Gasteiger partial charge on any atom is 0.431 e. The molecule has 2 rings (SSSR count). The molecule has 0 saturated heterocycles. The van der Waals surface area contributed by atoms with Crippen molar-refractivity contribution >= 4 is 39.3 Å². The highest BCUT2D eigenvalue weighted by molar-refractivity contribution is 9.10. The number of hydrogen-bond acceptors (Lipinski definition) is 5. The van der Waals surface area contributed by atoms with Gasteiger partial charge in [0.2, 0.25) is 0 Å². The summed E-state index contributed by atoms with van der Waals surface area (Å²) in [5, 5.41) is 2.45. The van der Waals surface area contributed by atoms with Crippen LogP contribution in [0.2, 0.25) is 0 Å². The Labute approximate surface area is 165 Å². The Morgan fingerprint density at radius 2 is 2.04 bits per heavy atom. The number of nitrogens with one attached hydrogen (secondary N) is 1. The van der Waals surface area contributed by atoms with E-state index in [0.717, 1.165) is 7.05 Å². The van der Waals surface area contributed by atoms with Crippen LogP contribution in [0.1, 0.15) is 23.1 Å². The van der Waals surface area contributed by atoms with E-state index in [0.29, 0.717) is 25.8 Å². The number of amides is 1. The number of carbonyl (C=O) groups is 1. The zero-order valence-electron chi connectivity index (χ0n) is 14.6. The van der Waals surface area contributed by atoms with E-state index in [-0.39, 0.29) is 22.5 Å². The summed E-state index contributed by atoms with van der Waals surface area (Å²) in [6, 6.07) is 0.712. The molecule has 0 aliphatic rings. The molecule has 2 aromatic heterocycles. The molecule has 0 saturated carbocycles. The normalized spacial score (nSPS) is 11.5. The first-order chi connectivity index (χ1) is 12.5. The Balaban J connectivity index is 2.92. The van der Waals surface area contributed by atoms with Gasteiger partial charge in [0.25, 0.3) is 11.5 Å². The van der Waals surface area contributed by atoms with Gasteiger partial charge < -0.3 is 15.6 Å². The van der Waals surface area contributed by atoms with E-state index in [1.807, 2.05) is 6.92 Å². The van der Waals surface area contributed by atoms with Gasteiger partial charge in [0.05, 0.1) is 5.56 Å². The van der Waals surface area contributed by atoms with Gasteiger partial charge in [-0.05, 0) is 27.7 Å². The van der Waals surface area contributed by atoms with Crippen LogP contribution in [-0.2, 0) is 13.2 Å². The van der Waals surface area contributed by atoms with Crippen LogP contribution in [-0.4, -0.2) is 28.3 Å². The highest BCUT2D eigenvalue weighted by atomic mass is 79.9. The number of nitrogen functional groups attached to an aromatic ring is 1. The number of carbonyl (C=O) groups excluding carboxylic acids is 1. The van der Waals surface area contributed by atoms with Crippen molar-refractivity contribution in [3.8, 4) is 11.1 Å². The SMILES string of the molecule is CCSc1c(C(=O)NC)ncc(Br)c1-c1c(N)cc(C(F)(F)F)n(C)c1=O. The summed E-state index contributed by atoms with van der Waals surface area (Å²) in [4.78, 5) is 29.3. The van der Waals surface area contributed by atoms with Crippen LogP contribution in [0.25, 0.3) is 11.1 Å². The predicted molar refractivity (Wildman–Crippen MR) is 102 cm³/mol. The molecule has 0 aromatic carbocycles. The van der Waals surface area contributed by atoms with Crippen LogP contribution in [0.3, 0.4) is 0 Å². The first-order valence-corrected chi connectivity index (χ1v) is 9.42. The highest BCUT2D eigenvalue weighted by Crippen LogP contribution is 2.40. The van der Waals surface area contributed by atoms with Crippen LogP contribution in [0, 0.1) is 0 Å². The van der Waals surface area contributed by atoms with E-state index in [2.05, 4.69) is 26.2 Å². The molecule has 0 aliphatic heterocycles. The Bertz CT molecular complexity index is 960. The van der Waals surface area contributed by atoms with Crippen molar-refractivity contribution in [2.45, 2.75) is 18.0 Å². The molecule has 146 valence electrons. The van der Waals surface area contributed by atoms with Crippen molar-refractivity contribution < 1.29 is 18.0 Å². The van der Waals surface area contributed by atoms with Gasteiger partial charge in [0.15, 0.2) is 0 Å². The molecule has 0 radical (unpaired) electrons. The average molecular weight is 465 g/mol. The lowest BCUT2D eigenvalue weighted by Crippen LogP contribution is -2.28. The minimum Gasteiger partial charge on any atom is -0.398 e. The standard InChI is InChI=1S/C16H16BrF3N4O2S/c1-4-27-13-10(7(17)6-23-12(13)14(25)22-2)11-8(21)5-9(16(18,19)20)24(3)15(11)26/h5-6H,4,21H2,1-3H3,(H,22,25). The topological polar surface area (TPSA) is 90.0 Å². The minimum atomic E-state index is -4.73. The van der Waals surface area contributed by atoms with E-state index in [4.69, 9.17) is 5.73 Å². The van der Waals surface area contributed by atoms with Gasteiger partial charge in [-0.3, -0.25) is 9.59 Å². The smallest absolute Gasteiger partial charge is 0.398 e. The Morgan fingerprint density at radius 1 is 1.41 bits per heavy atom. The van der Waals surface area contributed by atoms with E-state index in [1.165, 1.54) is 25.0 Å². The number of hydrogen-bond donors (Lipinski definition) is 2. The molecule has 0 bridgehead atoms. The first kappa shape index (κ1) is 21.3. The summed E-state index contributed by atoms with van der Waals surface area (Å²) >= 11 is 4.51. The number of anilines is 1. The molecule has 0 fully saturated rings. The van der Waals surface area contributed by atoms with E-state index in [9.17, 15) is 22.8 Å². The molecule has 0 aliphatic carbocycles. The van der Waals surface area contributed by atoms with Gasteiger partial charge in [-0.15, -0.1) is 11.8 Å². The maximum absolute atomic E-state index is 13.1. The number of halogens is 4. The highest BCUT2D eigenvalue weighted by Gasteiger charge is 2.35. The molecule has 2 heterocycles. The first-order valence-electron chi connectivity index (χ1n) is 7.65. The van der Waals surface area contributed by atoms with Crippen molar-refractivity contribution in [3.05, 3.63) is 38.5 Å². The number of rotatable bonds is 4. The molecule has 6 nitrogen and oxygen atoms in total. The summed E-state index contributed by atoms with van der Waals surface area (Å²) in [6.45, 7) is 1.83. The molecule has 0 spiro atoms. The van der Waals surface area contributed by atoms with E-state index < -0.39 is 23.3 Å². The molecule has 0 atom stereocenters. The van der Waals surface area contributed by atoms with Crippen LogP contribution >= 0.6 is 27.7 Å². The average Bonchev–Trinajstić information content (AvgIpc) is 2.59. The fourth-order valence-corrected chi connectivity index (χ4v) is 4.07. The molecule has 2 aromatic rings. The molecular formula is C16H16BrF3N4O2S. The molecular weight excluding hydrogens is 449 g/mol. The predicted octanol–water partition coefficient (Wildman–Crippen LogP) is 3.28. The summed E-state index contributed by atoms with van der Waals surface area (Å²) in [5.74, 6) is 0.0534. The van der Waals surface area contributed by atoms with Crippen LogP contribution in [0.15, 0.2) is 26.4 Å². The summed E-state index contributed by atoms with van der Waals surface area (Å²) < 4.78 is 40.3. The fraction of sp³-hybridized carbons (Fsp3) is 0.312. The van der Waals surface area contributed by atoms with E-state index >= 15 is 0 Å². The third-order valence-electron chi connectivity index (χ3n) is 3.72. The Morgan fingerprint density at radius 3 is 2.56 bits per heavy atom. The molecule has 3 N–H and O–H groups in total. The van der Waals surface area contributed by atoms with Crippen molar-refractivity contribution in [3.63, 3.8) is 0 Å². The molecule has 1 amide bonds. The number of aromatic nitrogens is 2. The summed E-state index contributed by atoms with van der Waals surface area (Å²) in [6.07, 6.45) is -3.42. The van der Waals surface area contributed by atoms with Crippen LogP contribution in [0.5, 0.6) is 0 Å². The maximum atomic E-state index is 13.1. The van der Waals surface area contributed by atoms with Crippen molar-refractivity contribution in [1.29, 1.82) is 0 Å². The van der Waals surface area contributed by atoms with Crippen molar-refractivity contribution in [2.75, 3.05) is 18.5 Å². The van der Waals surface area contributed by atoms with Gasteiger partial charge in [-0.25, -0.2) is 4.98 Å².